The minimum atomic E-state index is -0.480. The Kier molecular flexibility index (Phi) is 6.24. The number of nitrogens with one attached hydrogen (secondary N) is 1. The Morgan fingerprint density at radius 1 is 1.28 bits per heavy atom. The molecule has 0 heterocycles. The minimum Gasteiger partial charge on any atom is -0.490 e. The highest BCUT2D eigenvalue weighted by Crippen LogP contribution is 2.24. The summed E-state index contributed by atoms with van der Waals surface area (Å²) < 4.78 is 6.37. The first-order valence-corrected chi connectivity index (χ1v) is 8.20. The van der Waals surface area contributed by atoms with Gasteiger partial charge in [-0.25, -0.2) is 5.43 Å². The maximum atomic E-state index is 12.3. The van der Waals surface area contributed by atoms with Crippen molar-refractivity contribution in [1.82, 2.24) is 5.43 Å². The molecule has 25 heavy (non-hydrogen) atoms. The highest BCUT2D eigenvalue weighted by atomic mass is 79.9. The van der Waals surface area contributed by atoms with Crippen LogP contribution in [0.1, 0.15) is 29.8 Å². The summed E-state index contributed by atoms with van der Waals surface area (Å²) >= 11 is 3.33. The van der Waals surface area contributed by atoms with Gasteiger partial charge in [-0.3, -0.25) is 14.9 Å². The monoisotopic (exact) mass is 405 g/mol. The van der Waals surface area contributed by atoms with Crippen molar-refractivity contribution in [3.05, 3.63) is 68.2 Å². The second-order valence-corrected chi connectivity index (χ2v) is 6.27. The Balaban J connectivity index is 2.09. The molecule has 8 heteroatoms. The first-order valence-electron chi connectivity index (χ1n) is 7.41. The molecule has 0 radical (unpaired) electrons. The molecule has 2 rings (SSSR count). The van der Waals surface area contributed by atoms with Crippen LogP contribution in [-0.2, 0) is 0 Å². The zero-order valence-electron chi connectivity index (χ0n) is 13.6. The quantitative estimate of drug-likeness (QED) is 0.447. The molecule has 0 aliphatic heterocycles. The van der Waals surface area contributed by atoms with E-state index in [0.717, 1.165) is 4.47 Å². The van der Waals surface area contributed by atoms with E-state index in [2.05, 4.69) is 26.5 Å². The summed E-state index contributed by atoms with van der Waals surface area (Å²) in [7, 11) is 0. The second kappa shape index (κ2) is 8.39. The fourth-order valence-electron chi connectivity index (χ4n) is 1.94. The molecular formula is C17H16BrN3O4. The number of carbonyl (C=O) groups excluding carboxylic acids is 1. The van der Waals surface area contributed by atoms with Gasteiger partial charge >= 0.3 is 0 Å². The molecule has 0 aliphatic carbocycles. The zero-order chi connectivity index (χ0) is 18.4. The van der Waals surface area contributed by atoms with Gasteiger partial charge in [0.2, 0.25) is 0 Å². The predicted octanol–water partition coefficient (Wildman–Crippen LogP) is 3.91. The maximum absolute atomic E-state index is 12.3. The summed E-state index contributed by atoms with van der Waals surface area (Å²) in [5.74, 6) is 0.0383. The number of hydrazone groups is 1. The van der Waals surface area contributed by atoms with E-state index >= 15 is 0 Å². The maximum Gasteiger partial charge on any atom is 0.275 e. The van der Waals surface area contributed by atoms with Crippen molar-refractivity contribution < 1.29 is 14.5 Å². The van der Waals surface area contributed by atoms with Crippen molar-refractivity contribution in [2.75, 3.05) is 0 Å². The highest BCUT2D eigenvalue weighted by Gasteiger charge is 2.14. The van der Waals surface area contributed by atoms with Crippen LogP contribution in [0.25, 0.3) is 0 Å². The van der Waals surface area contributed by atoms with Gasteiger partial charge in [0.1, 0.15) is 5.75 Å². The number of nitrogens with zero attached hydrogens (tertiary/aromatic N) is 2. The van der Waals surface area contributed by atoms with Crippen LogP contribution in [0, 0.1) is 10.1 Å². The summed E-state index contributed by atoms with van der Waals surface area (Å²) in [4.78, 5) is 22.4. The Morgan fingerprint density at radius 2 is 1.96 bits per heavy atom. The smallest absolute Gasteiger partial charge is 0.275 e. The van der Waals surface area contributed by atoms with E-state index in [-0.39, 0.29) is 11.8 Å². The number of nitro benzene ring substituents is 1. The van der Waals surface area contributed by atoms with Gasteiger partial charge in [-0.05, 0) is 49.7 Å². The number of carbonyl (C=O) groups is 1. The lowest BCUT2D eigenvalue weighted by Crippen LogP contribution is -2.20. The van der Waals surface area contributed by atoms with Crippen molar-refractivity contribution >= 4 is 33.7 Å². The number of halogens is 1. The number of rotatable bonds is 6. The molecule has 2 aromatic carbocycles. The van der Waals surface area contributed by atoms with Crippen molar-refractivity contribution in [1.29, 1.82) is 0 Å². The molecule has 0 atom stereocenters. The van der Waals surface area contributed by atoms with Gasteiger partial charge in [0.25, 0.3) is 11.6 Å². The van der Waals surface area contributed by atoms with Crippen LogP contribution in [-0.4, -0.2) is 23.1 Å². The van der Waals surface area contributed by atoms with Crippen molar-refractivity contribution in [3.8, 4) is 5.75 Å². The molecule has 1 amide bonds. The van der Waals surface area contributed by atoms with Crippen LogP contribution in [0.3, 0.4) is 0 Å². The molecule has 1 N–H and O–H groups in total. The van der Waals surface area contributed by atoms with Gasteiger partial charge < -0.3 is 4.74 Å². The van der Waals surface area contributed by atoms with E-state index in [1.807, 2.05) is 13.8 Å². The lowest BCUT2D eigenvalue weighted by atomic mass is 10.2. The van der Waals surface area contributed by atoms with E-state index < -0.39 is 10.8 Å². The molecule has 7 nitrogen and oxygen atoms in total. The largest absolute Gasteiger partial charge is 0.490 e. The third-order valence-corrected chi connectivity index (χ3v) is 3.53. The van der Waals surface area contributed by atoms with Crippen molar-refractivity contribution in [2.45, 2.75) is 20.0 Å². The zero-order valence-corrected chi connectivity index (χ0v) is 15.2. The number of non-ortho nitro benzene ring substituents is 1. The molecule has 0 fully saturated rings. The van der Waals surface area contributed by atoms with Gasteiger partial charge in [0.05, 0.1) is 22.8 Å². The lowest BCUT2D eigenvalue weighted by molar-refractivity contribution is -0.384. The molecule has 0 aliphatic rings. The van der Waals surface area contributed by atoms with E-state index in [9.17, 15) is 14.9 Å². The molecule has 0 aromatic heterocycles. The fourth-order valence-corrected chi connectivity index (χ4v) is 2.31. The van der Waals surface area contributed by atoms with Gasteiger partial charge in [-0.1, -0.05) is 15.9 Å². The minimum absolute atomic E-state index is 0.00852. The van der Waals surface area contributed by atoms with Crippen LogP contribution >= 0.6 is 15.9 Å². The van der Waals surface area contributed by atoms with Crippen LogP contribution in [0.5, 0.6) is 5.75 Å². The number of nitro groups is 1. The number of amides is 1. The number of hydrogen-bond acceptors (Lipinski definition) is 5. The van der Waals surface area contributed by atoms with Crippen molar-refractivity contribution in [3.63, 3.8) is 0 Å². The summed E-state index contributed by atoms with van der Waals surface area (Å²) in [6, 6.07) is 11.0. The lowest BCUT2D eigenvalue weighted by Gasteiger charge is -2.13. The Labute approximate surface area is 153 Å². The first-order chi connectivity index (χ1) is 11.9. The molecule has 0 unspecified atom stereocenters. The number of benzene rings is 2. The summed E-state index contributed by atoms with van der Waals surface area (Å²) in [5.41, 5.74) is 3.39. The number of hydrogen-bond donors (Lipinski definition) is 1. The van der Waals surface area contributed by atoms with E-state index in [4.69, 9.17) is 4.74 Å². The SMILES string of the molecule is CC(C)Oc1ccc(Br)cc1C(=O)N/N=C/c1ccc([N+](=O)[O-])cc1. The average Bonchev–Trinajstić information content (AvgIpc) is 2.56. The summed E-state index contributed by atoms with van der Waals surface area (Å²) in [6.45, 7) is 3.74. The van der Waals surface area contributed by atoms with Gasteiger partial charge in [0.15, 0.2) is 0 Å². The normalized spacial score (nSPS) is 10.9. The predicted molar refractivity (Wildman–Crippen MR) is 98.1 cm³/mol. The summed E-state index contributed by atoms with van der Waals surface area (Å²) in [6.07, 6.45) is 1.33. The third kappa shape index (κ3) is 5.39. The van der Waals surface area contributed by atoms with Crippen LogP contribution in [0.2, 0.25) is 0 Å². The van der Waals surface area contributed by atoms with Crippen molar-refractivity contribution in [2.24, 2.45) is 5.10 Å². The van der Waals surface area contributed by atoms with Gasteiger partial charge in [-0.2, -0.15) is 5.10 Å². The molecule has 0 saturated heterocycles. The Hall–Kier alpha value is -2.74. The third-order valence-electron chi connectivity index (χ3n) is 3.03. The fraction of sp³-hybridized carbons (Fsp3) is 0.176. The number of ether oxygens (including phenoxy) is 1. The van der Waals surface area contributed by atoms with Crippen LogP contribution in [0.4, 0.5) is 5.69 Å². The molecule has 0 spiro atoms. The molecule has 0 saturated carbocycles. The Bertz CT molecular complexity index is 804. The first kappa shape index (κ1) is 18.6. The molecule has 130 valence electrons. The van der Waals surface area contributed by atoms with E-state index in [1.54, 1.807) is 30.3 Å². The second-order valence-electron chi connectivity index (χ2n) is 5.35. The van der Waals surface area contributed by atoms with E-state index in [1.165, 1.54) is 18.3 Å². The molecule has 2 aromatic rings. The molecule has 0 bridgehead atoms. The molecular weight excluding hydrogens is 390 g/mol. The topological polar surface area (TPSA) is 93.8 Å². The summed E-state index contributed by atoms with van der Waals surface area (Å²) in [5, 5.41) is 14.5. The highest BCUT2D eigenvalue weighted by molar-refractivity contribution is 9.10. The average molecular weight is 406 g/mol. The van der Waals surface area contributed by atoms with Gasteiger partial charge in [0, 0.05) is 16.6 Å². The van der Waals surface area contributed by atoms with Gasteiger partial charge in [-0.15, -0.1) is 0 Å². The van der Waals surface area contributed by atoms with Crippen LogP contribution in [0.15, 0.2) is 52.0 Å². The van der Waals surface area contributed by atoms with E-state index in [0.29, 0.717) is 16.9 Å². The standard InChI is InChI=1S/C17H16BrN3O4/c1-11(2)25-16-8-5-13(18)9-15(16)17(22)20-19-10-12-3-6-14(7-4-12)21(23)24/h3-11H,1-2H3,(H,20,22)/b19-10+. The Morgan fingerprint density at radius 3 is 2.56 bits per heavy atom. The van der Waals surface area contributed by atoms with Crippen LogP contribution < -0.4 is 10.2 Å².